The second kappa shape index (κ2) is 7.80. The number of nitrogens with zero attached hydrogens (tertiary/aromatic N) is 1. The maximum atomic E-state index is 12.4. The van der Waals surface area contributed by atoms with Crippen LogP contribution in [0.4, 0.5) is 10.5 Å². The maximum Gasteiger partial charge on any atom is 0.418 e. The van der Waals surface area contributed by atoms with E-state index >= 15 is 0 Å². The monoisotopic (exact) mass is 370 g/mol. The highest BCUT2D eigenvalue weighted by molar-refractivity contribution is 6.05. The van der Waals surface area contributed by atoms with Crippen LogP contribution in [0.15, 0.2) is 91.1 Å². The van der Waals surface area contributed by atoms with Gasteiger partial charge in [-0.05, 0) is 42.0 Å². The molecule has 1 amide bonds. The van der Waals surface area contributed by atoms with Gasteiger partial charge in [-0.3, -0.25) is 9.36 Å². The molecule has 5 heteroatoms. The zero-order valence-corrected chi connectivity index (χ0v) is 15.0. The van der Waals surface area contributed by atoms with Crippen LogP contribution in [-0.2, 0) is 11.3 Å². The SMILES string of the molecule is O=C(Nc1ccc2c(ccn2C(=O)OCc2ccccc2)c1)c1ccccc1. The fourth-order valence-electron chi connectivity index (χ4n) is 2.96. The van der Waals surface area contributed by atoms with E-state index in [0.29, 0.717) is 11.3 Å². The van der Waals surface area contributed by atoms with Gasteiger partial charge < -0.3 is 10.1 Å². The van der Waals surface area contributed by atoms with Gasteiger partial charge in [-0.15, -0.1) is 0 Å². The molecule has 28 heavy (non-hydrogen) atoms. The zero-order chi connectivity index (χ0) is 19.3. The Morgan fingerprint density at radius 2 is 1.57 bits per heavy atom. The van der Waals surface area contributed by atoms with Crippen LogP contribution in [0.5, 0.6) is 0 Å². The standard InChI is InChI=1S/C23H18N2O3/c26-22(18-9-5-2-6-10-18)24-20-11-12-21-19(15-20)13-14-25(21)23(27)28-16-17-7-3-1-4-8-17/h1-15H,16H2,(H,24,26). The molecule has 0 fully saturated rings. The first-order valence-electron chi connectivity index (χ1n) is 8.89. The Kier molecular flexibility index (Phi) is 4.89. The Labute approximate surface area is 162 Å². The van der Waals surface area contributed by atoms with Crippen LogP contribution in [0, 0.1) is 0 Å². The number of ether oxygens (including phenoxy) is 1. The summed E-state index contributed by atoms with van der Waals surface area (Å²) in [6.45, 7) is 0.213. The Morgan fingerprint density at radius 3 is 2.32 bits per heavy atom. The summed E-state index contributed by atoms with van der Waals surface area (Å²) in [5, 5.41) is 3.71. The third kappa shape index (κ3) is 3.78. The fraction of sp³-hybridized carbons (Fsp3) is 0.0435. The molecule has 138 valence electrons. The minimum atomic E-state index is -0.445. The summed E-state index contributed by atoms with van der Waals surface area (Å²) in [5.41, 5.74) is 2.90. The molecule has 0 unspecified atom stereocenters. The fourth-order valence-corrected chi connectivity index (χ4v) is 2.96. The lowest BCUT2D eigenvalue weighted by Gasteiger charge is -2.08. The highest BCUT2D eigenvalue weighted by Crippen LogP contribution is 2.21. The third-order valence-electron chi connectivity index (χ3n) is 4.39. The molecule has 1 N–H and O–H groups in total. The van der Waals surface area contributed by atoms with E-state index in [-0.39, 0.29) is 12.5 Å². The summed E-state index contributed by atoms with van der Waals surface area (Å²) < 4.78 is 6.85. The molecule has 3 aromatic carbocycles. The summed E-state index contributed by atoms with van der Waals surface area (Å²) in [4.78, 5) is 24.7. The van der Waals surface area contributed by atoms with Gasteiger partial charge in [-0.25, -0.2) is 4.79 Å². The molecular formula is C23H18N2O3. The summed E-state index contributed by atoms with van der Waals surface area (Å²) in [7, 11) is 0. The number of rotatable bonds is 4. The van der Waals surface area contributed by atoms with Gasteiger partial charge in [0.15, 0.2) is 0 Å². The molecule has 0 aliphatic rings. The molecular weight excluding hydrogens is 352 g/mol. The average molecular weight is 370 g/mol. The molecule has 0 bridgehead atoms. The van der Waals surface area contributed by atoms with Gasteiger partial charge in [0.1, 0.15) is 6.61 Å². The summed E-state index contributed by atoms with van der Waals surface area (Å²) in [5.74, 6) is -0.179. The van der Waals surface area contributed by atoms with E-state index in [9.17, 15) is 9.59 Å². The first-order valence-corrected chi connectivity index (χ1v) is 8.89. The van der Waals surface area contributed by atoms with Gasteiger partial charge in [-0.1, -0.05) is 48.5 Å². The number of benzene rings is 3. The lowest BCUT2D eigenvalue weighted by atomic mass is 10.2. The second-order valence-electron chi connectivity index (χ2n) is 6.32. The van der Waals surface area contributed by atoms with Crippen molar-refractivity contribution in [2.75, 3.05) is 5.32 Å². The molecule has 0 aliphatic heterocycles. The molecule has 5 nitrogen and oxygen atoms in total. The Morgan fingerprint density at radius 1 is 0.857 bits per heavy atom. The van der Waals surface area contributed by atoms with Crippen LogP contribution in [0.2, 0.25) is 0 Å². The topological polar surface area (TPSA) is 60.3 Å². The van der Waals surface area contributed by atoms with Crippen molar-refractivity contribution in [2.45, 2.75) is 6.61 Å². The maximum absolute atomic E-state index is 12.4. The first-order chi connectivity index (χ1) is 13.7. The van der Waals surface area contributed by atoms with Crippen molar-refractivity contribution in [3.63, 3.8) is 0 Å². The van der Waals surface area contributed by atoms with Crippen molar-refractivity contribution in [1.82, 2.24) is 4.57 Å². The van der Waals surface area contributed by atoms with Gasteiger partial charge >= 0.3 is 6.09 Å². The summed E-state index contributed by atoms with van der Waals surface area (Å²) in [6, 6.07) is 25.8. The highest BCUT2D eigenvalue weighted by Gasteiger charge is 2.12. The van der Waals surface area contributed by atoms with Crippen molar-refractivity contribution in [3.8, 4) is 0 Å². The Bertz CT molecular complexity index is 1120. The van der Waals surface area contributed by atoms with Crippen molar-refractivity contribution in [3.05, 3.63) is 102 Å². The van der Waals surface area contributed by atoms with Gasteiger partial charge in [0.05, 0.1) is 5.52 Å². The van der Waals surface area contributed by atoms with Crippen LogP contribution in [0.25, 0.3) is 10.9 Å². The molecule has 4 aromatic rings. The molecule has 0 radical (unpaired) electrons. The van der Waals surface area contributed by atoms with E-state index in [4.69, 9.17) is 4.74 Å². The number of nitrogens with one attached hydrogen (secondary N) is 1. The lowest BCUT2D eigenvalue weighted by molar-refractivity contribution is 0.102. The molecule has 4 rings (SSSR count). The Hall–Kier alpha value is -3.86. The van der Waals surface area contributed by atoms with E-state index in [2.05, 4.69) is 5.32 Å². The number of hydrogen-bond acceptors (Lipinski definition) is 3. The molecule has 0 aliphatic carbocycles. The number of hydrogen-bond donors (Lipinski definition) is 1. The van der Waals surface area contributed by atoms with Gasteiger partial charge in [-0.2, -0.15) is 0 Å². The number of aromatic nitrogens is 1. The smallest absolute Gasteiger partial charge is 0.418 e. The second-order valence-corrected chi connectivity index (χ2v) is 6.32. The molecule has 0 saturated carbocycles. The van der Waals surface area contributed by atoms with E-state index in [0.717, 1.165) is 16.5 Å². The molecule has 0 saturated heterocycles. The third-order valence-corrected chi connectivity index (χ3v) is 4.39. The van der Waals surface area contributed by atoms with Gasteiger partial charge in [0.25, 0.3) is 5.91 Å². The van der Waals surface area contributed by atoms with Crippen LogP contribution < -0.4 is 5.32 Å². The van der Waals surface area contributed by atoms with Crippen molar-refractivity contribution in [2.24, 2.45) is 0 Å². The quantitative estimate of drug-likeness (QED) is 0.545. The van der Waals surface area contributed by atoms with Crippen LogP contribution in [-0.4, -0.2) is 16.6 Å². The molecule has 0 spiro atoms. The van der Waals surface area contributed by atoms with Crippen molar-refractivity contribution in [1.29, 1.82) is 0 Å². The Balaban J connectivity index is 1.48. The van der Waals surface area contributed by atoms with E-state index < -0.39 is 6.09 Å². The minimum Gasteiger partial charge on any atom is -0.444 e. The predicted octanol–water partition coefficient (Wildman–Crippen LogP) is 5.08. The summed E-state index contributed by atoms with van der Waals surface area (Å²) in [6.07, 6.45) is 1.22. The van der Waals surface area contributed by atoms with Crippen molar-refractivity contribution >= 4 is 28.6 Å². The predicted molar refractivity (Wildman–Crippen MR) is 108 cm³/mol. The van der Waals surface area contributed by atoms with Crippen LogP contribution in [0.1, 0.15) is 15.9 Å². The summed E-state index contributed by atoms with van der Waals surface area (Å²) >= 11 is 0. The number of fused-ring (bicyclic) bond motifs is 1. The minimum absolute atomic E-state index is 0.179. The molecule has 1 heterocycles. The molecule has 0 atom stereocenters. The van der Waals surface area contributed by atoms with E-state index in [1.165, 1.54) is 4.57 Å². The van der Waals surface area contributed by atoms with Crippen molar-refractivity contribution < 1.29 is 14.3 Å². The first kappa shape index (κ1) is 17.5. The van der Waals surface area contributed by atoms with Crippen LogP contribution >= 0.6 is 0 Å². The number of carbonyl (C=O) groups excluding carboxylic acids is 2. The van der Waals surface area contributed by atoms with Crippen LogP contribution in [0.3, 0.4) is 0 Å². The normalized spacial score (nSPS) is 10.6. The highest BCUT2D eigenvalue weighted by atomic mass is 16.5. The number of anilines is 1. The number of amides is 1. The van der Waals surface area contributed by atoms with Gasteiger partial charge in [0.2, 0.25) is 0 Å². The number of carbonyl (C=O) groups is 2. The van der Waals surface area contributed by atoms with Gasteiger partial charge in [0, 0.05) is 22.8 Å². The zero-order valence-electron chi connectivity index (χ0n) is 15.0. The average Bonchev–Trinajstić information content (AvgIpc) is 3.17. The van der Waals surface area contributed by atoms with E-state index in [1.807, 2.05) is 60.7 Å². The van der Waals surface area contributed by atoms with E-state index in [1.54, 1.807) is 30.5 Å². The largest absolute Gasteiger partial charge is 0.444 e. The molecule has 1 aromatic heterocycles. The lowest BCUT2D eigenvalue weighted by Crippen LogP contribution is -2.13.